The van der Waals surface area contributed by atoms with Crippen LogP contribution in [0.3, 0.4) is 0 Å². The highest BCUT2D eigenvalue weighted by molar-refractivity contribution is 7.85. The lowest BCUT2D eigenvalue weighted by Crippen LogP contribution is -2.09. The molecule has 1 aromatic heterocycles. The predicted octanol–water partition coefficient (Wildman–Crippen LogP) is 2.41. The van der Waals surface area contributed by atoms with Crippen LogP contribution in [0.5, 0.6) is 0 Å². The van der Waals surface area contributed by atoms with Gasteiger partial charge in [0.25, 0.3) is 10.1 Å². The van der Waals surface area contributed by atoms with Gasteiger partial charge in [0.15, 0.2) is 5.82 Å². The molecule has 3 rings (SSSR count). The Morgan fingerprint density at radius 3 is 2.36 bits per heavy atom. The van der Waals surface area contributed by atoms with Gasteiger partial charge in [-0.1, -0.05) is 22.9 Å². The molecule has 7 nitrogen and oxygen atoms in total. The normalized spacial score (nSPS) is 17.9. The van der Waals surface area contributed by atoms with E-state index in [9.17, 15) is 21.6 Å². The molecule has 25 heavy (non-hydrogen) atoms. The molecule has 0 saturated carbocycles. The summed E-state index contributed by atoms with van der Waals surface area (Å²) >= 11 is 0. The summed E-state index contributed by atoms with van der Waals surface area (Å²) in [6.07, 6.45) is -3.80. The smallest absolute Gasteiger partial charge is 0.329 e. The fourth-order valence-corrected chi connectivity index (χ4v) is 2.58. The van der Waals surface area contributed by atoms with Crippen molar-refractivity contribution in [2.45, 2.75) is 30.3 Å². The van der Waals surface area contributed by atoms with Crippen LogP contribution in [-0.4, -0.2) is 36.2 Å². The summed E-state index contributed by atoms with van der Waals surface area (Å²) in [4.78, 5) is 3.25. The van der Waals surface area contributed by atoms with E-state index in [0.29, 0.717) is 6.54 Å². The van der Waals surface area contributed by atoms with Crippen LogP contribution >= 0.6 is 0 Å². The van der Waals surface area contributed by atoms with Gasteiger partial charge in [-0.25, -0.2) is 0 Å². The van der Waals surface area contributed by atoms with Crippen molar-refractivity contribution in [2.24, 2.45) is 0 Å². The first-order chi connectivity index (χ1) is 11.6. The van der Waals surface area contributed by atoms with E-state index in [1.807, 2.05) is 6.92 Å². The summed E-state index contributed by atoms with van der Waals surface area (Å²) in [5, 5.41) is 6.33. The number of hydrogen-bond acceptors (Lipinski definition) is 6. The van der Waals surface area contributed by atoms with E-state index in [-0.39, 0.29) is 16.6 Å². The van der Waals surface area contributed by atoms with Crippen molar-refractivity contribution in [2.75, 3.05) is 13.1 Å². The maximum absolute atomic E-state index is 12.1. The minimum absolute atomic E-state index is 0.0603. The Balaban J connectivity index is 0.000000186. The van der Waals surface area contributed by atoms with Gasteiger partial charge in [-0.3, -0.25) is 4.55 Å². The first-order valence-electron chi connectivity index (χ1n) is 7.23. The minimum Gasteiger partial charge on any atom is -0.329 e. The van der Waals surface area contributed by atoms with E-state index in [1.165, 1.54) is 12.1 Å². The molecule has 1 aliphatic rings. The molecular weight excluding hydrogens is 363 g/mol. The third kappa shape index (κ3) is 5.51. The highest BCUT2D eigenvalue weighted by Gasteiger charge is 2.39. The lowest BCUT2D eigenvalue weighted by Gasteiger charge is -1.99. The molecule has 0 radical (unpaired) electrons. The van der Waals surface area contributed by atoms with Crippen LogP contribution in [0.4, 0.5) is 13.2 Å². The fourth-order valence-electron chi connectivity index (χ4n) is 2.10. The standard InChI is InChI=1S/C7H8F3N3O.C7H8O3S/c8-7(9,10)6-12-5(13-14-6)4-1-2-11-3-4;1-6-2-4-7(5-3-6)11(8,9)10/h4,11H,1-3H2;2-5H,1H3,(H,8,9,10). The van der Waals surface area contributed by atoms with Crippen molar-refractivity contribution in [1.29, 1.82) is 0 Å². The highest BCUT2D eigenvalue weighted by atomic mass is 32.2. The van der Waals surface area contributed by atoms with E-state index in [4.69, 9.17) is 4.55 Å². The van der Waals surface area contributed by atoms with Crippen LogP contribution in [0.15, 0.2) is 33.7 Å². The SMILES string of the molecule is Cc1ccc(S(=O)(=O)O)cc1.FC(F)(F)c1nc(C2CCNC2)no1. The van der Waals surface area contributed by atoms with Gasteiger partial charge in [0.05, 0.1) is 4.90 Å². The van der Waals surface area contributed by atoms with Gasteiger partial charge >= 0.3 is 12.1 Å². The Morgan fingerprint density at radius 1 is 1.28 bits per heavy atom. The average molecular weight is 379 g/mol. The van der Waals surface area contributed by atoms with Crippen molar-refractivity contribution in [3.05, 3.63) is 41.5 Å². The molecule has 1 saturated heterocycles. The Morgan fingerprint density at radius 2 is 1.92 bits per heavy atom. The van der Waals surface area contributed by atoms with Crippen molar-refractivity contribution in [3.8, 4) is 0 Å². The van der Waals surface area contributed by atoms with Crippen molar-refractivity contribution in [1.82, 2.24) is 15.5 Å². The molecule has 2 heterocycles. The molecule has 2 aromatic rings. The number of aromatic nitrogens is 2. The highest BCUT2D eigenvalue weighted by Crippen LogP contribution is 2.29. The Bertz CT molecular complexity index is 797. The number of aryl methyl sites for hydroxylation is 1. The average Bonchev–Trinajstić information content (AvgIpc) is 3.18. The number of rotatable bonds is 2. The topological polar surface area (TPSA) is 105 Å². The van der Waals surface area contributed by atoms with Crippen LogP contribution in [0.2, 0.25) is 0 Å². The van der Waals surface area contributed by atoms with Gasteiger partial charge in [0.1, 0.15) is 0 Å². The summed E-state index contributed by atoms with van der Waals surface area (Å²) in [7, 11) is -4.02. The Hall–Kier alpha value is -1.98. The summed E-state index contributed by atoms with van der Waals surface area (Å²) in [6.45, 7) is 3.23. The lowest BCUT2D eigenvalue weighted by molar-refractivity contribution is -0.159. The van der Waals surface area contributed by atoms with Gasteiger partial charge in [0.2, 0.25) is 0 Å². The van der Waals surface area contributed by atoms with Crippen LogP contribution in [-0.2, 0) is 16.3 Å². The Kier molecular flexibility index (Phi) is 5.80. The largest absolute Gasteiger partial charge is 0.471 e. The van der Waals surface area contributed by atoms with Gasteiger partial charge in [-0.2, -0.15) is 26.6 Å². The van der Waals surface area contributed by atoms with E-state index >= 15 is 0 Å². The van der Waals surface area contributed by atoms with Crippen LogP contribution < -0.4 is 5.32 Å². The van der Waals surface area contributed by atoms with Gasteiger partial charge in [-0.15, -0.1) is 0 Å². The van der Waals surface area contributed by atoms with Gasteiger partial charge in [0, 0.05) is 12.5 Å². The number of benzene rings is 1. The number of nitrogens with one attached hydrogen (secondary N) is 1. The predicted molar refractivity (Wildman–Crippen MR) is 80.5 cm³/mol. The number of hydrogen-bond donors (Lipinski definition) is 2. The zero-order valence-electron chi connectivity index (χ0n) is 13.1. The molecule has 2 N–H and O–H groups in total. The number of halogens is 3. The van der Waals surface area contributed by atoms with Gasteiger partial charge < -0.3 is 9.84 Å². The molecule has 1 unspecified atom stereocenters. The molecule has 1 aliphatic heterocycles. The van der Waals surface area contributed by atoms with Crippen LogP contribution in [0, 0.1) is 6.92 Å². The quantitative estimate of drug-likeness (QED) is 0.772. The van der Waals surface area contributed by atoms with E-state index in [0.717, 1.165) is 18.5 Å². The first kappa shape index (κ1) is 19.3. The molecule has 1 fully saturated rings. The second-order valence-electron chi connectivity index (χ2n) is 5.43. The van der Waals surface area contributed by atoms with E-state index < -0.39 is 22.2 Å². The summed E-state index contributed by atoms with van der Waals surface area (Å²) in [5.41, 5.74) is 0.956. The van der Waals surface area contributed by atoms with Crippen molar-refractivity contribution in [3.63, 3.8) is 0 Å². The lowest BCUT2D eigenvalue weighted by atomic mass is 10.1. The van der Waals surface area contributed by atoms with E-state index in [1.54, 1.807) is 12.1 Å². The Labute approximate surface area is 142 Å². The molecule has 1 aromatic carbocycles. The van der Waals surface area contributed by atoms with Crippen molar-refractivity contribution < 1.29 is 30.7 Å². The molecule has 1 atom stereocenters. The maximum Gasteiger partial charge on any atom is 0.471 e. The summed E-state index contributed by atoms with van der Waals surface area (Å²) in [5.74, 6) is -1.18. The molecule has 0 bridgehead atoms. The van der Waals surface area contributed by atoms with Gasteiger partial charge in [-0.05, 0) is 32.0 Å². The first-order valence-corrected chi connectivity index (χ1v) is 8.67. The molecule has 11 heteroatoms. The molecule has 0 spiro atoms. The van der Waals surface area contributed by atoms with Crippen LogP contribution in [0.1, 0.15) is 29.6 Å². The molecule has 0 amide bonds. The maximum atomic E-state index is 12.1. The number of nitrogens with zero attached hydrogens (tertiary/aromatic N) is 2. The molecule has 0 aliphatic carbocycles. The molecular formula is C14H16F3N3O4S. The third-order valence-electron chi connectivity index (χ3n) is 3.43. The van der Waals surface area contributed by atoms with E-state index in [2.05, 4.69) is 20.0 Å². The number of alkyl halides is 3. The monoisotopic (exact) mass is 379 g/mol. The third-order valence-corrected chi connectivity index (χ3v) is 4.30. The second-order valence-corrected chi connectivity index (χ2v) is 6.85. The molecule has 138 valence electrons. The summed E-state index contributed by atoms with van der Waals surface area (Å²) in [6, 6.07) is 5.99. The zero-order valence-corrected chi connectivity index (χ0v) is 13.9. The second kappa shape index (κ2) is 7.50. The van der Waals surface area contributed by atoms with Crippen LogP contribution in [0.25, 0.3) is 0 Å². The summed E-state index contributed by atoms with van der Waals surface area (Å²) < 4.78 is 69.9. The zero-order chi connectivity index (χ0) is 18.7. The minimum atomic E-state index is -4.54. The fraction of sp³-hybridized carbons (Fsp3) is 0.429. The van der Waals surface area contributed by atoms with Crippen molar-refractivity contribution >= 4 is 10.1 Å².